The molecule has 162 valence electrons. The van der Waals surface area contributed by atoms with Gasteiger partial charge in [0.25, 0.3) is 0 Å². The molecule has 2 aromatic rings. The Morgan fingerprint density at radius 3 is 2.17 bits per heavy atom. The number of hydrogen-bond donors (Lipinski definition) is 0. The Labute approximate surface area is 180 Å². The lowest BCUT2D eigenvalue weighted by Crippen LogP contribution is -2.33. The SMILES string of the molecule is COc1ccccc1-c1c(OC(C)C)cc(OC(C)C)cc1C1=[N+](C)C(C)(C)CO1. The molecule has 0 bridgehead atoms. The molecule has 0 radical (unpaired) electrons. The van der Waals surface area contributed by atoms with Crippen molar-refractivity contribution in [2.75, 3.05) is 20.8 Å². The number of rotatable bonds is 7. The summed E-state index contributed by atoms with van der Waals surface area (Å²) in [6.07, 6.45) is 0.0507. The number of likely N-dealkylation sites (N-methyl/N-ethyl adjacent to an activating group) is 1. The summed E-state index contributed by atoms with van der Waals surface area (Å²) in [7, 11) is 3.75. The molecule has 0 amide bonds. The molecule has 0 aromatic heterocycles. The molecule has 0 atom stereocenters. The first-order valence-corrected chi connectivity index (χ1v) is 10.5. The fourth-order valence-electron chi connectivity index (χ4n) is 3.55. The van der Waals surface area contributed by atoms with Crippen LogP contribution in [0, 0.1) is 0 Å². The van der Waals surface area contributed by atoms with Crippen LogP contribution in [0.15, 0.2) is 36.4 Å². The molecule has 1 aliphatic heterocycles. The Kier molecular flexibility index (Phi) is 6.30. The van der Waals surface area contributed by atoms with Crippen molar-refractivity contribution >= 4 is 5.90 Å². The van der Waals surface area contributed by atoms with E-state index >= 15 is 0 Å². The van der Waals surface area contributed by atoms with Crippen molar-refractivity contribution < 1.29 is 23.5 Å². The van der Waals surface area contributed by atoms with Gasteiger partial charge in [0.1, 0.15) is 29.9 Å². The summed E-state index contributed by atoms with van der Waals surface area (Å²) >= 11 is 0. The molecule has 0 saturated heterocycles. The lowest BCUT2D eigenvalue weighted by molar-refractivity contribution is -0.562. The van der Waals surface area contributed by atoms with Crippen LogP contribution in [0.2, 0.25) is 0 Å². The average Bonchev–Trinajstić information content (AvgIpc) is 2.93. The minimum atomic E-state index is -0.110. The van der Waals surface area contributed by atoms with E-state index in [0.29, 0.717) is 6.61 Å². The van der Waals surface area contributed by atoms with Crippen molar-refractivity contribution in [3.63, 3.8) is 0 Å². The van der Waals surface area contributed by atoms with Crippen molar-refractivity contribution in [3.05, 3.63) is 42.0 Å². The summed E-state index contributed by atoms with van der Waals surface area (Å²) in [4.78, 5) is 0. The predicted molar refractivity (Wildman–Crippen MR) is 120 cm³/mol. The van der Waals surface area contributed by atoms with Gasteiger partial charge < -0.3 is 18.9 Å². The number of methoxy groups -OCH3 is 1. The highest BCUT2D eigenvalue weighted by Gasteiger charge is 2.42. The van der Waals surface area contributed by atoms with E-state index in [-0.39, 0.29) is 17.7 Å². The summed E-state index contributed by atoms with van der Waals surface area (Å²) < 4.78 is 26.4. The number of para-hydroxylation sites is 1. The second-order valence-corrected chi connectivity index (χ2v) is 8.84. The summed E-state index contributed by atoms with van der Waals surface area (Å²) in [5.41, 5.74) is 2.72. The van der Waals surface area contributed by atoms with Crippen molar-refractivity contribution in [1.29, 1.82) is 0 Å². The third-order valence-electron chi connectivity index (χ3n) is 5.19. The van der Waals surface area contributed by atoms with Gasteiger partial charge in [-0.1, -0.05) is 18.2 Å². The summed E-state index contributed by atoms with van der Waals surface area (Å²) in [6.45, 7) is 13.0. The molecule has 5 nitrogen and oxygen atoms in total. The third kappa shape index (κ3) is 4.40. The minimum Gasteiger partial charge on any atom is -0.496 e. The normalized spacial score (nSPS) is 15.5. The first-order valence-electron chi connectivity index (χ1n) is 10.5. The number of hydrogen-bond acceptors (Lipinski definition) is 4. The van der Waals surface area contributed by atoms with Crippen LogP contribution >= 0.6 is 0 Å². The van der Waals surface area contributed by atoms with E-state index in [0.717, 1.165) is 39.8 Å². The molecule has 30 heavy (non-hydrogen) atoms. The molecule has 0 unspecified atom stereocenters. The summed E-state index contributed by atoms with van der Waals surface area (Å²) in [6, 6.07) is 12.0. The second kappa shape index (κ2) is 8.58. The van der Waals surface area contributed by atoms with Crippen LogP contribution in [-0.2, 0) is 4.74 Å². The van der Waals surface area contributed by atoms with Gasteiger partial charge in [-0.15, -0.1) is 0 Å². The van der Waals surface area contributed by atoms with Gasteiger partial charge in [0.15, 0.2) is 12.1 Å². The molecular formula is C25H34NO4+. The monoisotopic (exact) mass is 412 g/mol. The van der Waals surface area contributed by atoms with Crippen LogP contribution in [0.4, 0.5) is 0 Å². The van der Waals surface area contributed by atoms with Crippen molar-refractivity contribution in [2.45, 2.75) is 59.3 Å². The van der Waals surface area contributed by atoms with Crippen LogP contribution in [0.3, 0.4) is 0 Å². The second-order valence-electron chi connectivity index (χ2n) is 8.84. The Bertz CT molecular complexity index is 944. The number of ether oxygens (including phenoxy) is 4. The van der Waals surface area contributed by atoms with Crippen LogP contribution < -0.4 is 14.2 Å². The zero-order chi connectivity index (χ0) is 22.1. The fraction of sp³-hybridized carbons (Fsp3) is 0.480. The van der Waals surface area contributed by atoms with Crippen molar-refractivity contribution in [3.8, 4) is 28.4 Å². The number of nitrogens with zero attached hydrogens (tertiary/aromatic N) is 1. The standard InChI is InChI=1S/C25H34NO4/c1-16(2)29-18-13-20(24-26(7)25(5,6)15-28-24)23(22(14-18)30-17(3)4)19-11-9-10-12-21(19)27-8/h9-14,16-17H,15H2,1-8H3/q+1. The quantitative estimate of drug-likeness (QED) is 0.591. The maximum Gasteiger partial charge on any atom is 0.371 e. The van der Waals surface area contributed by atoms with E-state index in [9.17, 15) is 0 Å². The van der Waals surface area contributed by atoms with Crippen molar-refractivity contribution in [1.82, 2.24) is 0 Å². The summed E-state index contributed by atoms with van der Waals surface area (Å²) in [5, 5.41) is 0. The fourth-order valence-corrected chi connectivity index (χ4v) is 3.55. The van der Waals surface area contributed by atoms with Gasteiger partial charge >= 0.3 is 5.90 Å². The van der Waals surface area contributed by atoms with Gasteiger partial charge in [0.05, 0.1) is 19.3 Å². The van der Waals surface area contributed by atoms with Crippen LogP contribution in [0.5, 0.6) is 17.2 Å². The maximum atomic E-state index is 6.29. The maximum absolute atomic E-state index is 6.29. The van der Waals surface area contributed by atoms with Crippen molar-refractivity contribution in [2.24, 2.45) is 0 Å². The molecular weight excluding hydrogens is 378 g/mol. The summed E-state index contributed by atoms with van der Waals surface area (Å²) in [5.74, 6) is 3.09. The smallest absolute Gasteiger partial charge is 0.371 e. The van der Waals surface area contributed by atoms with Crippen LogP contribution in [0.25, 0.3) is 11.1 Å². The van der Waals surface area contributed by atoms with Gasteiger partial charge in [-0.3, -0.25) is 0 Å². The molecule has 0 saturated carbocycles. The largest absolute Gasteiger partial charge is 0.496 e. The van der Waals surface area contributed by atoms with E-state index < -0.39 is 0 Å². The van der Waals surface area contributed by atoms with E-state index in [1.54, 1.807) is 7.11 Å². The highest BCUT2D eigenvalue weighted by molar-refractivity contribution is 6.01. The molecule has 3 rings (SSSR count). The van der Waals surface area contributed by atoms with Gasteiger partial charge in [0, 0.05) is 31.0 Å². The predicted octanol–water partition coefficient (Wildman–Crippen LogP) is 5.13. The molecule has 0 aliphatic carbocycles. The van der Waals surface area contributed by atoms with E-state index in [4.69, 9.17) is 18.9 Å². The van der Waals surface area contributed by atoms with Gasteiger partial charge in [-0.2, -0.15) is 4.58 Å². The first kappa shape index (κ1) is 22.0. The third-order valence-corrected chi connectivity index (χ3v) is 5.19. The first-order chi connectivity index (χ1) is 14.1. The van der Waals surface area contributed by atoms with E-state index in [1.165, 1.54) is 0 Å². The van der Waals surface area contributed by atoms with Crippen LogP contribution in [0.1, 0.15) is 47.1 Å². The zero-order valence-corrected chi connectivity index (χ0v) is 19.4. The van der Waals surface area contributed by atoms with Gasteiger partial charge in [-0.25, -0.2) is 0 Å². The number of benzene rings is 2. The lowest BCUT2D eigenvalue weighted by atomic mass is 9.96. The van der Waals surface area contributed by atoms with E-state index in [1.807, 2.05) is 58.0 Å². The molecule has 2 aromatic carbocycles. The lowest BCUT2D eigenvalue weighted by Gasteiger charge is -2.21. The van der Waals surface area contributed by atoms with Gasteiger partial charge in [0.2, 0.25) is 0 Å². The molecule has 0 spiro atoms. The zero-order valence-electron chi connectivity index (χ0n) is 19.4. The average molecular weight is 413 g/mol. The molecule has 0 N–H and O–H groups in total. The Hall–Kier alpha value is -2.69. The molecule has 5 heteroatoms. The highest BCUT2D eigenvalue weighted by atomic mass is 16.5. The van der Waals surface area contributed by atoms with Crippen LogP contribution in [-0.4, -0.2) is 49.0 Å². The highest BCUT2D eigenvalue weighted by Crippen LogP contribution is 2.43. The Morgan fingerprint density at radius 2 is 1.60 bits per heavy atom. The Balaban J connectivity index is 2.36. The topological polar surface area (TPSA) is 39.9 Å². The molecule has 1 aliphatic rings. The Morgan fingerprint density at radius 1 is 0.933 bits per heavy atom. The molecule has 1 heterocycles. The minimum absolute atomic E-state index is 0.00396. The molecule has 0 fully saturated rings. The van der Waals surface area contributed by atoms with Gasteiger partial charge in [-0.05, 0) is 39.8 Å². The van der Waals surface area contributed by atoms with E-state index in [2.05, 4.69) is 31.5 Å².